The molecular formula is C20H21ClN4O2. The van der Waals surface area contributed by atoms with Gasteiger partial charge >= 0.3 is 6.03 Å². The lowest BCUT2D eigenvalue weighted by Gasteiger charge is -2.42. The molecule has 7 heteroatoms. The summed E-state index contributed by atoms with van der Waals surface area (Å²) in [5, 5.41) is 3.35. The van der Waals surface area contributed by atoms with Crippen LogP contribution in [0.1, 0.15) is 6.42 Å². The number of halogens is 1. The molecule has 3 amide bonds. The zero-order valence-electron chi connectivity index (χ0n) is 14.8. The van der Waals surface area contributed by atoms with E-state index in [0.717, 1.165) is 31.1 Å². The van der Waals surface area contributed by atoms with Crippen molar-refractivity contribution < 1.29 is 9.59 Å². The molecule has 4 rings (SSSR count). The summed E-state index contributed by atoms with van der Waals surface area (Å²) < 4.78 is 0. The molecule has 2 aromatic rings. The fourth-order valence-corrected chi connectivity index (χ4v) is 3.88. The van der Waals surface area contributed by atoms with Gasteiger partial charge in [-0.2, -0.15) is 0 Å². The van der Waals surface area contributed by atoms with E-state index < -0.39 is 6.03 Å². The van der Waals surface area contributed by atoms with Crippen LogP contribution in [0.25, 0.3) is 0 Å². The highest BCUT2D eigenvalue weighted by molar-refractivity contribution is 6.35. The van der Waals surface area contributed by atoms with E-state index in [2.05, 4.69) is 27.2 Å². The van der Waals surface area contributed by atoms with Crippen molar-refractivity contribution in [3.05, 3.63) is 59.6 Å². The second-order valence-electron chi connectivity index (χ2n) is 6.71. The van der Waals surface area contributed by atoms with Crippen molar-refractivity contribution >= 4 is 34.9 Å². The van der Waals surface area contributed by atoms with Crippen molar-refractivity contribution in [2.24, 2.45) is 0 Å². The first-order chi connectivity index (χ1) is 13.1. The van der Waals surface area contributed by atoms with E-state index in [1.807, 2.05) is 18.2 Å². The third kappa shape index (κ3) is 3.63. The summed E-state index contributed by atoms with van der Waals surface area (Å²) in [5.41, 5.74) is 1.62. The molecule has 0 aromatic heterocycles. The van der Waals surface area contributed by atoms with Crippen LogP contribution in [0.5, 0.6) is 0 Å². The van der Waals surface area contributed by atoms with E-state index in [-0.39, 0.29) is 18.5 Å². The molecule has 0 saturated carbocycles. The van der Waals surface area contributed by atoms with Crippen LogP contribution in [0.4, 0.5) is 16.2 Å². The lowest BCUT2D eigenvalue weighted by molar-refractivity contribution is -0.120. The van der Waals surface area contributed by atoms with E-state index in [0.29, 0.717) is 10.7 Å². The van der Waals surface area contributed by atoms with Gasteiger partial charge < -0.3 is 10.2 Å². The summed E-state index contributed by atoms with van der Waals surface area (Å²) in [4.78, 5) is 30.9. The Labute approximate surface area is 163 Å². The molecule has 2 saturated heterocycles. The van der Waals surface area contributed by atoms with E-state index in [1.165, 1.54) is 5.69 Å². The van der Waals surface area contributed by atoms with Gasteiger partial charge in [0.05, 0.1) is 23.3 Å². The van der Waals surface area contributed by atoms with E-state index >= 15 is 0 Å². The van der Waals surface area contributed by atoms with Crippen LogP contribution in [0, 0.1) is 0 Å². The number of piperazine rings is 1. The minimum Gasteiger partial charge on any atom is -0.369 e. The van der Waals surface area contributed by atoms with Crippen LogP contribution in [0.2, 0.25) is 5.02 Å². The molecule has 2 fully saturated rings. The van der Waals surface area contributed by atoms with Crippen LogP contribution in [0.15, 0.2) is 54.6 Å². The van der Waals surface area contributed by atoms with Crippen molar-refractivity contribution in [1.29, 1.82) is 0 Å². The summed E-state index contributed by atoms with van der Waals surface area (Å²) in [6.45, 7) is 3.30. The number of hydrogen-bond donors (Lipinski definition) is 1. The van der Waals surface area contributed by atoms with Gasteiger partial charge in [-0.05, 0) is 24.3 Å². The third-order valence-electron chi connectivity index (χ3n) is 5.08. The molecule has 2 aromatic carbocycles. The largest absolute Gasteiger partial charge is 0.369 e. The predicted molar refractivity (Wildman–Crippen MR) is 106 cm³/mol. The average molecular weight is 385 g/mol. The molecule has 140 valence electrons. The molecule has 27 heavy (non-hydrogen) atoms. The topological polar surface area (TPSA) is 55.9 Å². The molecule has 1 unspecified atom stereocenters. The number of amides is 3. The number of carbonyl (C=O) groups is 2. The Bertz CT molecular complexity index is 819. The Balaban J connectivity index is 1.41. The molecule has 0 aliphatic carbocycles. The van der Waals surface area contributed by atoms with Gasteiger partial charge in [0.25, 0.3) is 0 Å². The maximum Gasteiger partial charge on any atom is 0.330 e. The Morgan fingerprint density at radius 3 is 2.22 bits per heavy atom. The van der Waals surface area contributed by atoms with Crippen molar-refractivity contribution in [3.8, 4) is 0 Å². The number of nitrogens with zero attached hydrogens (tertiary/aromatic N) is 3. The summed E-state index contributed by atoms with van der Waals surface area (Å²) in [7, 11) is 0. The lowest BCUT2D eigenvalue weighted by atomic mass is 10.1. The predicted octanol–water partition coefficient (Wildman–Crippen LogP) is 2.93. The fourth-order valence-electron chi connectivity index (χ4n) is 3.66. The zero-order valence-corrected chi connectivity index (χ0v) is 15.6. The number of benzene rings is 2. The minimum absolute atomic E-state index is 0.234. The van der Waals surface area contributed by atoms with Crippen LogP contribution in [0.3, 0.4) is 0 Å². The van der Waals surface area contributed by atoms with Gasteiger partial charge in [0, 0.05) is 31.9 Å². The Morgan fingerprint density at radius 2 is 1.56 bits per heavy atom. The van der Waals surface area contributed by atoms with Gasteiger partial charge in [0.15, 0.2) is 0 Å². The van der Waals surface area contributed by atoms with Gasteiger partial charge in [-0.15, -0.1) is 0 Å². The quantitative estimate of drug-likeness (QED) is 0.884. The fraction of sp³-hybridized carbons (Fsp3) is 0.300. The molecule has 2 aliphatic rings. The monoisotopic (exact) mass is 384 g/mol. The van der Waals surface area contributed by atoms with Gasteiger partial charge in [-0.1, -0.05) is 41.9 Å². The van der Waals surface area contributed by atoms with Crippen molar-refractivity contribution in [2.45, 2.75) is 12.6 Å². The summed E-state index contributed by atoms with van der Waals surface area (Å²) in [5.74, 6) is -0.234. The minimum atomic E-state index is -0.421. The van der Waals surface area contributed by atoms with Crippen molar-refractivity contribution in [1.82, 2.24) is 10.2 Å². The van der Waals surface area contributed by atoms with E-state index in [9.17, 15) is 9.59 Å². The molecule has 2 aliphatic heterocycles. The lowest BCUT2D eigenvalue weighted by Crippen LogP contribution is -2.63. The van der Waals surface area contributed by atoms with Crippen molar-refractivity contribution in [3.63, 3.8) is 0 Å². The SMILES string of the molecule is O=C1CC(N2CCN(c3ccccc3)CC2)NC(=O)N1c1ccccc1Cl. The van der Waals surface area contributed by atoms with Crippen LogP contribution in [-0.2, 0) is 4.79 Å². The molecule has 1 atom stereocenters. The number of para-hydroxylation sites is 2. The highest BCUT2D eigenvalue weighted by atomic mass is 35.5. The van der Waals surface area contributed by atoms with Crippen LogP contribution >= 0.6 is 11.6 Å². The number of rotatable bonds is 3. The van der Waals surface area contributed by atoms with E-state index in [1.54, 1.807) is 24.3 Å². The second kappa shape index (κ2) is 7.58. The smallest absolute Gasteiger partial charge is 0.330 e. The van der Waals surface area contributed by atoms with Gasteiger partial charge in [0.1, 0.15) is 0 Å². The molecule has 0 spiro atoms. The molecule has 2 heterocycles. The number of carbonyl (C=O) groups excluding carboxylic acids is 2. The number of hydrogen-bond acceptors (Lipinski definition) is 4. The maximum absolute atomic E-state index is 12.7. The highest BCUT2D eigenvalue weighted by Crippen LogP contribution is 2.28. The first-order valence-corrected chi connectivity index (χ1v) is 9.43. The molecular weight excluding hydrogens is 364 g/mol. The van der Waals surface area contributed by atoms with E-state index in [4.69, 9.17) is 11.6 Å². The Hall–Kier alpha value is -2.57. The number of urea groups is 1. The van der Waals surface area contributed by atoms with Gasteiger partial charge in [-0.25, -0.2) is 9.69 Å². The molecule has 0 bridgehead atoms. The highest BCUT2D eigenvalue weighted by Gasteiger charge is 2.37. The van der Waals surface area contributed by atoms with Crippen LogP contribution < -0.4 is 15.1 Å². The first kappa shape index (κ1) is 17.8. The normalized spacial score (nSPS) is 21.3. The van der Waals surface area contributed by atoms with Crippen molar-refractivity contribution in [2.75, 3.05) is 36.0 Å². The maximum atomic E-state index is 12.7. The van der Waals surface area contributed by atoms with Gasteiger partial charge in [0.2, 0.25) is 5.91 Å². The zero-order chi connectivity index (χ0) is 18.8. The number of anilines is 2. The first-order valence-electron chi connectivity index (χ1n) is 9.05. The molecule has 6 nitrogen and oxygen atoms in total. The van der Waals surface area contributed by atoms with Gasteiger partial charge in [-0.3, -0.25) is 9.69 Å². The standard InChI is InChI=1S/C20H21ClN4O2/c21-16-8-4-5-9-17(16)25-19(26)14-18(22-20(25)27)24-12-10-23(11-13-24)15-6-2-1-3-7-15/h1-9,18H,10-14H2,(H,22,27). The third-order valence-corrected chi connectivity index (χ3v) is 5.40. The summed E-state index contributed by atoms with van der Waals surface area (Å²) in [6, 6.07) is 16.7. The van der Waals surface area contributed by atoms with Crippen LogP contribution in [-0.4, -0.2) is 49.2 Å². The number of nitrogens with one attached hydrogen (secondary N) is 1. The second-order valence-corrected chi connectivity index (χ2v) is 7.12. The Morgan fingerprint density at radius 1 is 0.889 bits per heavy atom. The summed E-state index contributed by atoms with van der Waals surface area (Å²) >= 11 is 6.16. The molecule has 1 N–H and O–H groups in total. The summed E-state index contributed by atoms with van der Waals surface area (Å²) in [6.07, 6.45) is -0.0378. The Kier molecular flexibility index (Phi) is 5.01. The molecule has 0 radical (unpaired) electrons. The average Bonchev–Trinajstić information content (AvgIpc) is 2.70. The number of imide groups is 1.